The fourth-order valence-corrected chi connectivity index (χ4v) is 3.48. The number of hydrogen-bond donors (Lipinski definition) is 2. The number of carbonyl (C=O) groups is 2. The first-order chi connectivity index (χ1) is 11.7. The summed E-state index contributed by atoms with van der Waals surface area (Å²) >= 11 is 0. The second-order valence-electron chi connectivity index (χ2n) is 6.36. The number of anilines is 1. The number of rotatable bonds is 9. The minimum atomic E-state index is -3.91. The molecule has 1 rings (SSSR count). The highest BCUT2D eigenvalue weighted by atomic mass is 32.2. The van der Waals surface area contributed by atoms with Crippen molar-refractivity contribution in [1.29, 1.82) is 0 Å². The Kier molecular flexibility index (Phi) is 8.09. The highest BCUT2D eigenvalue weighted by Gasteiger charge is 2.21. The number of carbonyl (C=O) groups excluding carboxylic acids is 2. The third kappa shape index (κ3) is 6.49. The molecular formula is C18H28N2O4S. The van der Waals surface area contributed by atoms with E-state index in [9.17, 15) is 18.0 Å². The van der Waals surface area contributed by atoms with Gasteiger partial charge in [-0.15, -0.1) is 0 Å². The molecule has 0 heterocycles. The van der Waals surface area contributed by atoms with Crippen molar-refractivity contribution in [3.63, 3.8) is 0 Å². The SMILES string of the molecule is CCC[C@@H](C)C(=O)Nc1ccc(S(=O)(=O)NC(=O)[C@H](C)CCC)cc1. The molecule has 0 bridgehead atoms. The summed E-state index contributed by atoms with van der Waals surface area (Å²) in [7, 11) is -3.91. The van der Waals surface area contributed by atoms with E-state index in [1.807, 2.05) is 20.8 Å². The van der Waals surface area contributed by atoms with Gasteiger partial charge in [0.15, 0.2) is 0 Å². The van der Waals surface area contributed by atoms with Gasteiger partial charge in [-0.2, -0.15) is 0 Å². The lowest BCUT2D eigenvalue weighted by Gasteiger charge is -2.13. The lowest BCUT2D eigenvalue weighted by atomic mass is 10.1. The maximum absolute atomic E-state index is 12.3. The first-order valence-corrected chi connectivity index (χ1v) is 10.2. The van der Waals surface area contributed by atoms with Crippen molar-refractivity contribution in [3.05, 3.63) is 24.3 Å². The van der Waals surface area contributed by atoms with Crippen LogP contribution in [0.1, 0.15) is 53.4 Å². The number of sulfonamides is 1. The molecule has 0 spiro atoms. The number of nitrogens with one attached hydrogen (secondary N) is 2. The molecule has 1 aromatic carbocycles. The van der Waals surface area contributed by atoms with E-state index >= 15 is 0 Å². The zero-order chi connectivity index (χ0) is 19.0. The summed E-state index contributed by atoms with van der Waals surface area (Å²) in [4.78, 5) is 23.9. The maximum Gasteiger partial charge on any atom is 0.264 e. The fourth-order valence-electron chi connectivity index (χ4n) is 2.40. The van der Waals surface area contributed by atoms with Gasteiger partial charge in [-0.3, -0.25) is 9.59 Å². The van der Waals surface area contributed by atoms with Crippen molar-refractivity contribution in [3.8, 4) is 0 Å². The van der Waals surface area contributed by atoms with E-state index in [4.69, 9.17) is 0 Å². The summed E-state index contributed by atoms with van der Waals surface area (Å²) in [5, 5.41) is 2.76. The van der Waals surface area contributed by atoms with Gasteiger partial charge in [-0.1, -0.05) is 40.5 Å². The van der Waals surface area contributed by atoms with Crippen LogP contribution in [0.3, 0.4) is 0 Å². The molecule has 2 atom stereocenters. The second-order valence-corrected chi connectivity index (χ2v) is 8.05. The van der Waals surface area contributed by atoms with Crippen molar-refractivity contribution in [2.75, 3.05) is 5.32 Å². The molecule has 25 heavy (non-hydrogen) atoms. The predicted molar refractivity (Wildman–Crippen MR) is 98.5 cm³/mol. The van der Waals surface area contributed by atoms with Crippen LogP contribution in [-0.2, 0) is 19.6 Å². The highest BCUT2D eigenvalue weighted by Crippen LogP contribution is 2.16. The van der Waals surface area contributed by atoms with E-state index in [1.165, 1.54) is 24.3 Å². The van der Waals surface area contributed by atoms with Gasteiger partial charge in [0.2, 0.25) is 11.8 Å². The Morgan fingerprint density at radius 2 is 1.40 bits per heavy atom. The van der Waals surface area contributed by atoms with E-state index in [2.05, 4.69) is 10.0 Å². The van der Waals surface area contributed by atoms with Crippen molar-refractivity contribution in [2.24, 2.45) is 11.8 Å². The Balaban J connectivity index is 2.77. The van der Waals surface area contributed by atoms with Crippen molar-refractivity contribution < 1.29 is 18.0 Å². The standard InChI is InChI=1S/C18H28N2O4S/c1-5-7-13(3)17(21)19-15-9-11-16(12-10-15)25(23,24)20-18(22)14(4)8-6-2/h9-14H,5-8H2,1-4H3,(H,19,21)(H,20,22)/t13-,14-/m1/s1. The topological polar surface area (TPSA) is 92.3 Å². The molecule has 0 radical (unpaired) electrons. The normalized spacial score (nSPS) is 13.8. The van der Waals surface area contributed by atoms with Gasteiger partial charge in [0.1, 0.15) is 0 Å². The van der Waals surface area contributed by atoms with E-state index in [1.54, 1.807) is 6.92 Å². The summed E-state index contributed by atoms with van der Waals surface area (Å²) < 4.78 is 26.6. The van der Waals surface area contributed by atoms with Crippen LogP contribution in [0.25, 0.3) is 0 Å². The fraction of sp³-hybridized carbons (Fsp3) is 0.556. The predicted octanol–water partition coefficient (Wildman–Crippen LogP) is 3.30. The van der Waals surface area contributed by atoms with Crippen molar-refractivity contribution in [1.82, 2.24) is 4.72 Å². The largest absolute Gasteiger partial charge is 0.326 e. The maximum atomic E-state index is 12.3. The average Bonchev–Trinajstić information content (AvgIpc) is 2.55. The van der Waals surface area contributed by atoms with Gasteiger partial charge in [-0.05, 0) is 37.1 Å². The second kappa shape index (κ2) is 9.56. The number of amides is 2. The zero-order valence-corrected chi connectivity index (χ0v) is 16.2. The third-order valence-corrected chi connectivity index (χ3v) is 5.37. The number of hydrogen-bond acceptors (Lipinski definition) is 4. The average molecular weight is 368 g/mol. The Bertz CT molecular complexity index is 684. The van der Waals surface area contributed by atoms with Crippen LogP contribution in [-0.4, -0.2) is 20.2 Å². The lowest BCUT2D eigenvalue weighted by Crippen LogP contribution is -2.34. The van der Waals surface area contributed by atoms with E-state index in [-0.39, 0.29) is 22.6 Å². The molecule has 1 aromatic rings. The molecule has 7 heteroatoms. The molecule has 0 saturated heterocycles. The first kappa shape index (κ1) is 21.2. The summed E-state index contributed by atoms with van der Waals surface area (Å²) in [6.07, 6.45) is 3.14. The molecule has 0 unspecified atom stereocenters. The van der Waals surface area contributed by atoms with E-state index in [0.29, 0.717) is 12.1 Å². The summed E-state index contributed by atoms with van der Waals surface area (Å²) in [6.45, 7) is 7.50. The minimum absolute atomic E-state index is 0.0100. The van der Waals surface area contributed by atoms with Gasteiger partial charge >= 0.3 is 0 Å². The summed E-state index contributed by atoms with van der Waals surface area (Å²) in [5.74, 6) is -1.07. The minimum Gasteiger partial charge on any atom is -0.326 e. The summed E-state index contributed by atoms with van der Waals surface area (Å²) in [5.41, 5.74) is 0.526. The Labute approximate surface area is 150 Å². The molecule has 0 aliphatic heterocycles. The molecule has 0 aromatic heterocycles. The Hall–Kier alpha value is -1.89. The van der Waals surface area contributed by atoms with Crippen LogP contribution in [0.2, 0.25) is 0 Å². The monoisotopic (exact) mass is 368 g/mol. The first-order valence-electron chi connectivity index (χ1n) is 8.68. The van der Waals surface area contributed by atoms with Crippen LogP contribution in [0.4, 0.5) is 5.69 Å². The highest BCUT2D eigenvalue weighted by molar-refractivity contribution is 7.90. The molecule has 0 aliphatic carbocycles. The third-order valence-electron chi connectivity index (χ3n) is 4.01. The van der Waals surface area contributed by atoms with Crippen LogP contribution >= 0.6 is 0 Å². The van der Waals surface area contributed by atoms with Gasteiger partial charge in [-0.25, -0.2) is 13.1 Å². The van der Waals surface area contributed by atoms with Gasteiger partial charge in [0.25, 0.3) is 10.0 Å². The quantitative estimate of drug-likeness (QED) is 0.699. The zero-order valence-electron chi connectivity index (χ0n) is 15.3. The van der Waals surface area contributed by atoms with Crippen LogP contribution in [0.5, 0.6) is 0 Å². The van der Waals surface area contributed by atoms with E-state index < -0.39 is 15.9 Å². The van der Waals surface area contributed by atoms with Gasteiger partial charge in [0.05, 0.1) is 4.90 Å². The lowest BCUT2D eigenvalue weighted by molar-refractivity contribution is -0.123. The number of benzene rings is 1. The van der Waals surface area contributed by atoms with Crippen molar-refractivity contribution in [2.45, 2.75) is 58.3 Å². The van der Waals surface area contributed by atoms with E-state index in [0.717, 1.165) is 19.3 Å². The molecular weight excluding hydrogens is 340 g/mol. The molecule has 2 amide bonds. The molecule has 140 valence electrons. The molecule has 6 nitrogen and oxygen atoms in total. The molecule has 0 aliphatic rings. The van der Waals surface area contributed by atoms with Gasteiger partial charge < -0.3 is 5.32 Å². The molecule has 2 N–H and O–H groups in total. The Morgan fingerprint density at radius 3 is 1.88 bits per heavy atom. The molecule has 0 fully saturated rings. The summed E-state index contributed by atoms with van der Waals surface area (Å²) in [6, 6.07) is 5.79. The van der Waals surface area contributed by atoms with Crippen molar-refractivity contribution >= 4 is 27.5 Å². The molecule has 0 saturated carbocycles. The Morgan fingerprint density at radius 1 is 0.920 bits per heavy atom. The van der Waals surface area contributed by atoms with Crippen LogP contribution in [0, 0.1) is 11.8 Å². The van der Waals surface area contributed by atoms with Crippen LogP contribution < -0.4 is 10.0 Å². The van der Waals surface area contributed by atoms with Crippen LogP contribution in [0.15, 0.2) is 29.2 Å². The van der Waals surface area contributed by atoms with Gasteiger partial charge in [0, 0.05) is 17.5 Å². The smallest absolute Gasteiger partial charge is 0.264 e.